The molecule has 0 saturated heterocycles. The zero-order valence-corrected chi connectivity index (χ0v) is 13.5. The molecule has 2 aromatic heterocycles. The molecule has 1 aliphatic rings. The molecule has 5 heteroatoms. The van der Waals surface area contributed by atoms with Gasteiger partial charge < -0.3 is 0 Å². The molecule has 23 heavy (non-hydrogen) atoms. The Morgan fingerprint density at radius 1 is 1.22 bits per heavy atom. The van der Waals surface area contributed by atoms with Gasteiger partial charge in [-0.15, -0.1) is 16.8 Å². The number of hydrogen-bond acceptors (Lipinski definition) is 3. The first-order chi connectivity index (χ1) is 11.2. The quantitative estimate of drug-likeness (QED) is 0.667. The second-order valence-corrected chi connectivity index (χ2v) is 6.44. The number of fused-ring (bicyclic) bond motifs is 1. The average molecular weight is 325 g/mol. The van der Waals surface area contributed by atoms with E-state index in [1.165, 1.54) is 5.56 Å². The molecule has 1 aromatic carbocycles. The molecular formula is C18H17ClN4. The third-order valence-corrected chi connectivity index (χ3v) is 4.81. The summed E-state index contributed by atoms with van der Waals surface area (Å²) in [6, 6.07) is 8.07. The Labute approximate surface area is 139 Å². The number of benzene rings is 1. The molecule has 4 nitrogen and oxygen atoms in total. The number of rotatable bonds is 5. The SMILES string of the molecule is C=CCCc1nccn2c(C3(c4ccc(Cl)cc4)CC3)nnc12. The summed E-state index contributed by atoms with van der Waals surface area (Å²) in [6.07, 6.45) is 9.57. The molecule has 0 N–H and O–H groups in total. The van der Waals surface area contributed by atoms with Crippen molar-refractivity contribution in [2.45, 2.75) is 31.1 Å². The summed E-state index contributed by atoms with van der Waals surface area (Å²) in [4.78, 5) is 4.46. The van der Waals surface area contributed by atoms with E-state index in [1.54, 1.807) is 0 Å². The minimum absolute atomic E-state index is 0.0406. The largest absolute Gasteiger partial charge is 0.283 e. The smallest absolute Gasteiger partial charge is 0.182 e. The van der Waals surface area contributed by atoms with Gasteiger partial charge in [0.1, 0.15) is 5.82 Å². The van der Waals surface area contributed by atoms with Gasteiger partial charge in [0, 0.05) is 17.4 Å². The number of hydrogen-bond donors (Lipinski definition) is 0. The van der Waals surface area contributed by atoms with Gasteiger partial charge >= 0.3 is 0 Å². The number of nitrogens with zero attached hydrogens (tertiary/aromatic N) is 4. The van der Waals surface area contributed by atoms with Crippen LogP contribution in [0.3, 0.4) is 0 Å². The molecule has 0 spiro atoms. The van der Waals surface area contributed by atoms with Gasteiger partial charge in [-0.05, 0) is 43.4 Å². The summed E-state index contributed by atoms with van der Waals surface area (Å²) in [7, 11) is 0. The van der Waals surface area contributed by atoms with Crippen LogP contribution in [0.2, 0.25) is 5.02 Å². The van der Waals surface area contributed by atoms with Gasteiger partial charge in [-0.2, -0.15) is 0 Å². The fraction of sp³-hybridized carbons (Fsp3) is 0.278. The van der Waals surface area contributed by atoms with E-state index in [2.05, 4.69) is 38.3 Å². The van der Waals surface area contributed by atoms with Crippen molar-refractivity contribution in [3.8, 4) is 0 Å². The zero-order chi connectivity index (χ0) is 15.9. The van der Waals surface area contributed by atoms with Gasteiger partial charge in [0.2, 0.25) is 0 Å². The lowest BCUT2D eigenvalue weighted by atomic mass is 9.95. The van der Waals surface area contributed by atoms with E-state index in [-0.39, 0.29) is 5.41 Å². The number of allylic oxidation sites excluding steroid dienone is 1. The van der Waals surface area contributed by atoms with E-state index >= 15 is 0 Å². The van der Waals surface area contributed by atoms with E-state index in [0.29, 0.717) is 0 Å². The van der Waals surface area contributed by atoms with Crippen LogP contribution in [0, 0.1) is 0 Å². The summed E-state index contributed by atoms with van der Waals surface area (Å²) >= 11 is 6.02. The molecule has 116 valence electrons. The highest BCUT2D eigenvalue weighted by Crippen LogP contribution is 2.52. The molecule has 1 fully saturated rings. The second-order valence-electron chi connectivity index (χ2n) is 6.01. The first-order valence-electron chi connectivity index (χ1n) is 7.81. The summed E-state index contributed by atoms with van der Waals surface area (Å²) in [5.74, 6) is 0.997. The van der Waals surface area contributed by atoms with E-state index in [1.807, 2.05) is 30.6 Å². The predicted molar refractivity (Wildman–Crippen MR) is 90.8 cm³/mol. The highest BCUT2D eigenvalue weighted by Gasteiger charge is 2.49. The maximum absolute atomic E-state index is 6.02. The summed E-state index contributed by atoms with van der Waals surface area (Å²) in [5.41, 5.74) is 3.03. The lowest BCUT2D eigenvalue weighted by Gasteiger charge is -2.14. The van der Waals surface area contributed by atoms with Crippen LogP contribution < -0.4 is 0 Å². The molecule has 0 unspecified atom stereocenters. The maximum atomic E-state index is 6.02. The van der Waals surface area contributed by atoms with E-state index in [0.717, 1.165) is 47.9 Å². The maximum Gasteiger partial charge on any atom is 0.182 e. The molecule has 0 radical (unpaired) electrons. The molecule has 1 aliphatic carbocycles. The van der Waals surface area contributed by atoms with E-state index in [4.69, 9.17) is 11.6 Å². The summed E-state index contributed by atoms with van der Waals surface area (Å²) in [6.45, 7) is 3.78. The lowest BCUT2D eigenvalue weighted by molar-refractivity contribution is 0.738. The fourth-order valence-corrected chi connectivity index (χ4v) is 3.28. The van der Waals surface area contributed by atoms with Gasteiger partial charge in [0.15, 0.2) is 5.65 Å². The van der Waals surface area contributed by atoms with Crippen LogP contribution >= 0.6 is 11.6 Å². The van der Waals surface area contributed by atoms with Crippen molar-refractivity contribution in [3.05, 3.63) is 71.4 Å². The van der Waals surface area contributed by atoms with Crippen LogP contribution in [0.1, 0.15) is 36.3 Å². The van der Waals surface area contributed by atoms with Crippen molar-refractivity contribution in [1.82, 2.24) is 19.6 Å². The van der Waals surface area contributed by atoms with Gasteiger partial charge in [-0.1, -0.05) is 29.8 Å². The van der Waals surface area contributed by atoms with Crippen LogP contribution in [-0.4, -0.2) is 19.6 Å². The van der Waals surface area contributed by atoms with Crippen molar-refractivity contribution in [1.29, 1.82) is 0 Å². The molecule has 3 aromatic rings. The van der Waals surface area contributed by atoms with E-state index < -0.39 is 0 Å². The van der Waals surface area contributed by atoms with Crippen molar-refractivity contribution < 1.29 is 0 Å². The minimum Gasteiger partial charge on any atom is -0.283 e. The molecule has 4 rings (SSSR count). The number of aromatic nitrogens is 4. The highest BCUT2D eigenvalue weighted by atomic mass is 35.5. The van der Waals surface area contributed by atoms with Gasteiger partial charge in [0.25, 0.3) is 0 Å². The molecular weight excluding hydrogens is 308 g/mol. The third-order valence-electron chi connectivity index (χ3n) is 4.56. The van der Waals surface area contributed by atoms with Crippen molar-refractivity contribution in [2.75, 3.05) is 0 Å². The second kappa shape index (κ2) is 5.46. The topological polar surface area (TPSA) is 43.1 Å². The molecule has 0 aliphatic heterocycles. The molecule has 0 atom stereocenters. The monoisotopic (exact) mass is 324 g/mol. The highest BCUT2D eigenvalue weighted by molar-refractivity contribution is 6.30. The van der Waals surface area contributed by atoms with Crippen molar-refractivity contribution >= 4 is 17.2 Å². The Bertz CT molecular complexity index is 862. The van der Waals surface area contributed by atoms with Crippen LogP contribution in [0.5, 0.6) is 0 Å². The number of halogens is 1. The molecule has 0 bridgehead atoms. The van der Waals surface area contributed by atoms with Gasteiger partial charge in [-0.25, -0.2) is 0 Å². The average Bonchev–Trinajstić information content (AvgIpc) is 3.26. The molecule has 1 saturated carbocycles. The molecule has 0 amide bonds. The van der Waals surface area contributed by atoms with Crippen molar-refractivity contribution in [2.24, 2.45) is 0 Å². The minimum atomic E-state index is -0.0406. The Morgan fingerprint density at radius 3 is 2.70 bits per heavy atom. The van der Waals surface area contributed by atoms with Crippen LogP contribution in [-0.2, 0) is 11.8 Å². The summed E-state index contributed by atoms with van der Waals surface area (Å²) < 4.78 is 2.09. The predicted octanol–water partition coefficient (Wildman–Crippen LogP) is 3.98. The van der Waals surface area contributed by atoms with Crippen LogP contribution in [0.15, 0.2) is 49.3 Å². The van der Waals surface area contributed by atoms with Gasteiger partial charge in [-0.3, -0.25) is 9.38 Å². The Hall–Kier alpha value is -2.20. The first-order valence-corrected chi connectivity index (χ1v) is 8.18. The standard InChI is InChI=1S/C18H17ClN4/c1-2-3-4-15-16-21-22-17(23(16)12-11-20-15)18(9-10-18)13-5-7-14(19)8-6-13/h2,5-8,11-12H,1,3-4,9-10H2. The van der Waals surface area contributed by atoms with Crippen LogP contribution in [0.4, 0.5) is 0 Å². The van der Waals surface area contributed by atoms with Gasteiger partial charge in [0.05, 0.1) is 11.1 Å². The Balaban J connectivity index is 1.80. The zero-order valence-electron chi connectivity index (χ0n) is 12.7. The Kier molecular flexibility index (Phi) is 3.42. The lowest BCUT2D eigenvalue weighted by Crippen LogP contribution is -2.13. The van der Waals surface area contributed by atoms with Crippen LogP contribution in [0.25, 0.3) is 5.65 Å². The van der Waals surface area contributed by atoms with E-state index in [9.17, 15) is 0 Å². The number of aryl methyl sites for hydroxylation is 1. The Morgan fingerprint density at radius 2 is 2.00 bits per heavy atom. The third kappa shape index (κ3) is 2.34. The van der Waals surface area contributed by atoms with Crippen molar-refractivity contribution in [3.63, 3.8) is 0 Å². The first kappa shape index (κ1) is 14.4. The molecule has 2 heterocycles. The summed E-state index contributed by atoms with van der Waals surface area (Å²) in [5, 5.41) is 9.68. The fourth-order valence-electron chi connectivity index (χ4n) is 3.15. The normalized spacial score (nSPS) is 15.7.